The molecule has 0 N–H and O–H groups in total. The lowest BCUT2D eigenvalue weighted by Gasteiger charge is -2.14. The predicted molar refractivity (Wildman–Crippen MR) is 85.4 cm³/mol. The van der Waals surface area contributed by atoms with Crippen LogP contribution in [0.5, 0.6) is 17.2 Å². The molecule has 0 saturated heterocycles. The van der Waals surface area contributed by atoms with E-state index in [-0.39, 0.29) is 11.6 Å². The number of esters is 1. The largest absolute Gasteiger partial charge is 0.493 e. The molecule has 124 valence electrons. The number of rotatable bonds is 5. The van der Waals surface area contributed by atoms with E-state index in [0.717, 1.165) is 0 Å². The molecule has 3 rings (SSSR count). The summed E-state index contributed by atoms with van der Waals surface area (Å²) in [5, 5.41) is 0. The fourth-order valence-corrected chi connectivity index (χ4v) is 2.30. The fraction of sp³-hybridized carbons (Fsp3) is 0.176. The van der Waals surface area contributed by atoms with Gasteiger partial charge in [0.05, 0.1) is 27.6 Å². The van der Waals surface area contributed by atoms with Crippen LogP contribution in [0.4, 0.5) is 0 Å². The Hall–Kier alpha value is -3.22. The van der Waals surface area contributed by atoms with E-state index >= 15 is 0 Å². The Kier molecular flexibility index (Phi) is 4.24. The van der Waals surface area contributed by atoms with Crippen LogP contribution in [0.15, 0.2) is 45.6 Å². The molecule has 1 aromatic carbocycles. The molecule has 0 saturated carbocycles. The molecule has 0 atom stereocenters. The Labute approximate surface area is 138 Å². The Morgan fingerprint density at radius 3 is 2.46 bits per heavy atom. The Balaban J connectivity index is 2.03. The maximum atomic E-state index is 12.0. The third kappa shape index (κ3) is 2.71. The van der Waals surface area contributed by atoms with Gasteiger partial charge >= 0.3 is 5.97 Å². The minimum Gasteiger partial charge on any atom is -0.493 e. The van der Waals surface area contributed by atoms with Crippen LogP contribution in [0.3, 0.4) is 0 Å². The van der Waals surface area contributed by atoms with Gasteiger partial charge in [-0.05, 0) is 30.3 Å². The summed E-state index contributed by atoms with van der Waals surface area (Å²) in [5.41, 5.74) is 0.735. The normalized spacial score (nSPS) is 15.2. The number of carbonyl (C=O) groups excluding carboxylic acids is 1. The molecule has 2 heterocycles. The quantitative estimate of drug-likeness (QED) is 0.620. The summed E-state index contributed by atoms with van der Waals surface area (Å²) >= 11 is 0. The van der Waals surface area contributed by atoms with Crippen molar-refractivity contribution >= 4 is 17.9 Å². The van der Waals surface area contributed by atoms with Crippen molar-refractivity contribution in [3.8, 4) is 17.2 Å². The molecule has 24 heavy (non-hydrogen) atoms. The van der Waals surface area contributed by atoms with Crippen molar-refractivity contribution in [2.24, 2.45) is 4.99 Å². The lowest BCUT2D eigenvalue weighted by molar-refractivity contribution is -0.130. The molecule has 0 radical (unpaired) electrons. The van der Waals surface area contributed by atoms with E-state index in [9.17, 15) is 4.79 Å². The topological polar surface area (TPSA) is 79.5 Å². The molecular weight excluding hydrogens is 314 g/mol. The number of carbonyl (C=O) groups is 1. The van der Waals surface area contributed by atoms with Crippen LogP contribution in [0.25, 0.3) is 6.08 Å². The molecule has 0 bridgehead atoms. The maximum absolute atomic E-state index is 12.0. The SMILES string of the molecule is COc1ccc(/C=C2/N=C(c3ccco3)OC2=O)c(OC)c1OC. The van der Waals surface area contributed by atoms with Crippen molar-refractivity contribution in [1.29, 1.82) is 0 Å². The lowest BCUT2D eigenvalue weighted by Crippen LogP contribution is -2.04. The maximum Gasteiger partial charge on any atom is 0.363 e. The third-order valence-electron chi connectivity index (χ3n) is 3.38. The lowest BCUT2D eigenvalue weighted by atomic mass is 10.1. The number of hydrogen-bond acceptors (Lipinski definition) is 7. The van der Waals surface area contributed by atoms with E-state index in [4.69, 9.17) is 23.4 Å². The molecule has 7 nitrogen and oxygen atoms in total. The van der Waals surface area contributed by atoms with Crippen LogP contribution in [0, 0.1) is 0 Å². The first-order chi connectivity index (χ1) is 11.7. The zero-order chi connectivity index (χ0) is 17.1. The monoisotopic (exact) mass is 329 g/mol. The summed E-state index contributed by atoms with van der Waals surface area (Å²) in [6.45, 7) is 0. The highest BCUT2D eigenvalue weighted by Gasteiger charge is 2.26. The van der Waals surface area contributed by atoms with Crippen molar-refractivity contribution < 1.29 is 28.2 Å². The molecule has 1 aliphatic heterocycles. The number of nitrogens with zero attached hydrogens (tertiary/aromatic N) is 1. The Morgan fingerprint density at radius 2 is 1.83 bits per heavy atom. The first kappa shape index (κ1) is 15.7. The fourth-order valence-electron chi connectivity index (χ4n) is 2.30. The zero-order valence-electron chi connectivity index (χ0n) is 13.4. The Bertz CT molecular complexity index is 820. The second-order valence-corrected chi connectivity index (χ2v) is 4.74. The van der Waals surface area contributed by atoms with Gasteiger partial charge in [0.1, 0.15) is 0 Å². The highest BCUT2D eigenvalue weighted by Crippen LogP contribution is 2.40. The minimum atomic E-state index is -0.571. The predicted octanol–water partition coefficient (Wildman–Crippen LogP) is 2.65. The summed E-state index contributed by atoms with van der Waals surface area (Å²) < 4.78 is 26.2. The van der Waals surface area contributed by atoms with Gasteiger partial charge < -0.3 is 23.4 Å². The van der Waals surface area contributed by atoms with Crippen molar-refractivity contribution in [3.05, 3.63) is 47.5 Å². The van der Waals surface area contributed by atoms with E-state index in [0.29, 0.717) is 28.6 Å². The smallest absolute Gasteiger partial charge is 0.363 e. The van der Waals surface area contributed by atoms with Gasteiger partial charge in [0.2, 0.25) is 5.75 Å². The molecule has 0 spiro atoms. The van der Waals surface area contributed by atoms with E-state index < -0.39 is 5.97 Å². The van der Waals surface area contributed by atoms with E-state index in [1.54, 1.807) is 30.3 Å². The number of cyclic esters (lactones) is 1. The number of benzene rings is 1. The number of methoxy groups -OCH3 is 3. The molecule has 7 heteroatoms. The van der Waals surface area contributed by atoms with Gasteiger partial charge in [-0.2, -0.15) is 0 Å². The zero-order valence-corrected chi connectivity index (χ0v) is 13.4. The standard InChI is InChI=1S/C17H15NO6/c1-20-12-7-6-10(14(21-2)15(12)22-3)9-11-17(19)24-16(18-11)13-5-4-8-23-13/h4-9H,1-3H3/b11-9+. The highest BCUT2D eigenvalue weighted by atomic mass is 16.6. The van der Waals surface area contributed by atoms with Gasteiger partial charge in [-0.15, -0.1) is 0 Å². The molecular formula is C17H15NO6. The van der Waals surface area contributed by atoms with Gasteiger partial charge in [0.25, 0.3) is 5.90 Å². The van der Waals surface area contributed by atoms with Crippen LogP contribution in [0.1, 0.15) is 11.3 Å². The van der Waals surface area contributed by atoms with Crippen molar-refractivity contribution in [2.45, 2.75) is 0 Å². The summed E-state index contributed by atoms with van der Waals surface area (Å²) in [5.74, 6) is 1.31. The molecule has 2 aromatic rings. The summed E-state index contributed by atoms with van der Waals surface area (Å²) in [6, 6.07) is 6.79. The van der Waals surface area contributed by atoms with Crippen molar-refractivity contribution in [2.75, 3.05) is 21.3 Å². The van der Waals surface area contributed by atoms with Gasteiger partial charge in [0.15, 0.2) is 23.0 Å². The van der Waals surface area contributed by atoms with Gasteiger partial charge in [-0.25, -0.2) is 9.79 Å². The van der Waals surface area contributed by atoms with Crippen molar-refractivity contribution in [3.63, 3.8) is 0 Å². The second-order valence-electron chi connectivity index (χ2n) is 4.74. The number of ether oxygens (including phenoxy) is 4. The van der Waals surface area contributed by atoms with Crippen LogP contribution in [-0.4, -0.2) is 33.2 Å². The Morgan fingerprint density at radius 1 is 1.04 bits per heavy atom. The minimum absolute atomic E-state index is 0.121. The first-order valence-electron chi connectivity index (χ1n) is 7.03. The highest BCUT2D eigenvalue weighted by molar-refractivity contribution is 6.12. The van der Waals surface area contributed by atoms with E-state index in [2.05, 4.69) is 4.99 Å². The average Bonchev–Trinajstić information content (AvgIpc) is 3.24. The van der Waals surface area contributed by atoms with Gasteiger partial charge in [-0.3, -0.25) is 0 Å². The van der Waals surface area contributed by atoms with Gasteiger partial charge in [-0.1, -0.05) is 0 Å². The number of furan rings is 1. The second kappa shape index (κ2) is 6.49. The molecule has 0 fully saturated rings. The number of hydrogen-bond donors (Lipinski definition) is 0. The van der Waals surface area contributed by atoms with Crippen LogP contribution in [0.2, 0.25) is 0 Å². The van der Waals surface area contributed by atoms with Crippen LogP contribution in [-0.2, 0) is 9.53 Å². The van der Waals surface area contributed by atoms with E-state index in [1.165, 1.54) is 27.6 Å². The molecule has 1 aromatic heterocycles. The molecule has 0 amide bonds. The summed E-state index contributed by atoms with van der Waals surface area (Å²) in [6.07, 6.45) is 3.03. The molecule has 0 aliphatic carbocycles. The molecule has 1 aliphatic rings. The first-order valence-corrected chi connectivity index (χ1v) is 7.03. The summed E-state index contributed by atoms with van der Waals surface area (Å²) in [7, 11) is 4.54. The van der Waals surface area contributed by atoms with Crippen LogP contribution >= 0.6 is 0 Å². The third-order valence-corrected chi connectivity index (χ3v) is 3.38. The van der Waals surface area contributed by atoms with Crippen molar-refractivity contribution in [1.82, 2.24) is 0 Å². The van der Waals surface area contributed by atoms with E-state index in [1.807, 2.05) is 0 Å². The van der Waals surface area contributed by atoms with Gasteiger partial charge in [0, 0.05) is 5.56 Å². The number of aliphatic imine (C=N–C) groups is 1. The average molecular weight is 329 g/mol. The summed E-state index contributed by atoms with van der Waals surface area (Å²) in [4.78, 5) is 16.2. The molecule has 0 unspecified atom stereocenters. The van der Waals surface area contributed by atoms with Crippen LogP contribution < -0.4 is 14.2 Å².